The highest BCUT2D eigenvalue weighted by Gasteiger charge is 2.23. The largest absolute Gasteiger partial charge is 0.507 e. The van der Waals surface area contributed by atoms with Crippen LogP contribution in [0, 0.1) is 6.92 Å². The Labute approximate surface area is 88.9 Å². The summed E-state index contributed by atoms with van der Waals surface area (Å²) < 4.78 is 25.1. The van der Waals surface area contributed by atoms with Crippen molar-refractivity contribution in [3.8, 4) is 5.75 Å². The van der Waals surface area contributed by atoms with Gasteiger partial charge in [-0.25, -0.2) is 8.78 Å². The van der Waals surface area contributed by atoms with E-state index in [4.69, 9.17) is 5.73 Å². The zero-order valence-corrected chi connectivity index (χ0v) is 9.05. The first-order valence-corrected chi connectivity index (χ1v) is 4.76. The van der Waals surface area contributed by atoms with E-state index in [-0.39, 0.29) is 11.3 Å². The van der Waals surface area contributed by atoms with E-state index >= 15 is 0 Å². The maximum atomic E-state index is 12.3. The Morgan fingerprint density at radius 1 is 1.43 bits per heavy atom. The summed E-state index contributed by atoms with van der Waals surface area (Å²) in [6.45, 7) is 1.63. The van der Waals surface area contributed by atoms with Crippen LogP contribution in [0.1, 0.15) is 17.2 Å². The molecule has 1 rings (SSSR count). The SMILES string of the molecule is Cc1ccc(Br)c([C@@H](N)C(F)F)c1O. The van der Waals surface area contributed by atoms with Crippen molar-refractivity contribution in [1.82, 2.24) is 0 Å². The molecule has 0 bridgehead atoms. The number of hydrogen-bond acceptors (Lipinski definition) is 2. The number of halogens is 3. The summed E-state index contributed by atoms with van der Waals surface area (Å²) in [5, 5.41) is 9.55. The van der Waals surface area contributed by atoms with Gasteiger partial charge >= 0.3 is 0 Å². The first-order valence-electron chi connectivity index (χ1n) is 3.97. The average molecular weight is 266 g/mol. The lowest BCUT2D eigenvalue weighted by Gasteiger charge is -2.15. The maximum Gasteiger partial charge on any atom is 0.257 e. The molecule has 14 heavy (non-hydrogen) atoms. The van der Waals surface area contributed by atoms with Gasteiger partial charge in [-0.2, -0.15) is 0 Å². The highest BCUT2D eigenvalue weighted by Crippen LogP contribution is 2.35. The van der Waals surface area contributed by atoms with Gasteiger partial charge in [-0.05, 0) is 18.6 Å². The van der Waals surface area contributed by atoms with E-state index in [0.717, 1.165) is 0 Å². The van der Waals surface area contributed by atoms with Crippen molar-refractivity contribution in [2.75, 3.05) is 0 Å². The molecule has 0 aromatic heterocycles. The van der Waals surface area contributed by atoms with Crippen LogP contribution in [-0.4, -0.2) is 11.5 Å². The van der Waals surface area contributed by atoms with Crippen LogP contribution >= 0.6 is 15.9 Å². The molecule has 0 spiro atoms. The molecule has 5 heteroatoms. The number of aromatic hydroxyl groups is 1. The Kier molecular flexibility index (Phi) is 3.44. The second-order valence-corrected chi connectivity index (χ2v) is 3.84. The van der Waals surface area contributed by atoms with Gasteiger partial charge < -0.3 is 10.8 Å². The van der Waals surface area contributed by atoms with E-state index in [1.807, 2.05) is 0 Å². The van der Waals surface area contributed by atoms with Gasteiger partial charge in [0.1, 0.15) is 5.75 Å². The van der Waals surface area contributed by atoms with Gasteiger partial charge in [0.05, 0.1) is 6.04 Å². The first kappa shape index (κ1) is 11.4. The number of benzene rings is 1. The molecule has 78 valence electrons. The monoisotopic (exact) mass is 265 g/mol. The molecule has 0 heterocycles. The number of phenolic OH excluding ortho intramolecular Hbond substituents is 1. The van der Waals surface area contributed by atoms with Crippen LogP contribution in [0.25, 0.3) is 0 Å². The van der Waals surface area contributed by atoms with Crippen LogP contribution < -0.4 is 5.73 Å². The number of aryl methyl sites for hydroxylation is 1. The normalized spacial score (nSPS) is 13.3. The third-order valence-electron chi connectivity index (χ3n) is 1.97. The van der Waals surface area contributed by atoms with Crippen LogP contribution in [0.4, 0.5) is 8.78 Å². The highest BCUT2D eigenvalue weighted by molar-refractivity contribution is 9.10. The highest BCUT2D eigenvalue weighted by atomic mass is 79.9. The van der Waals surface area contributed by atoms with Crippen LogP contribution in [0.5, 0.6) is 5.75 Å². The summed E-state index contributed by atoms with van der Waals surface area (Å²) in [5.74, 6) is -0.174. The lowest BCUT2D eigenvalue weighted by molar-refractivity contribution is 0.115. The zero-order chi connectivity index (χ0) is 10.9. The molecule has 0 saturated heterocycles. The fraction of sp³-hybridized carbons (Fsp3) is 0.333. The minimum atomic E-state index is -2.70. The van der Waals surface area contributed by atoms with Crippen LogP contribution in [0.2, 0.25) is 0 Å². The summed E-state index contributed by atoms with van der Waals surface area (Å²) in [6.07, 6.45) is -2.70. The molecule has 0 fully saturated rings. The number of phenols is 1. The Morgan fingerprint density at radius 2 is 2.00 bits per heavy atom. The molecule has 0 aliphatic heterocycles. The second kappa shape index (κ2) is 4.23. The maximum absolute atomic E-state index is 12.3. The molecule has 3 N–H and O–H groups in total. The Hall–Kier alpha value is -0.680. The van der Waals surface area contributed by atoms with Crippen molar-refractivity contribution >= 4 is 15.9 Å². The molecule has 1 aromatic rings. The van der Waals surface area contributed by atoms with Crippen molar-refractivity contribution in [3.05, 3.63) is 27.7 Å². The van der Waals surface area contributed by atoms with E-state index < -0.39 is 12.5 Å². The predicted octanol–water partition coefficient (Wildman–Crippen LogP) is 2.73. The Bertz CT molecular complexity index is 344. The Morgan fingerprint density at radius 3 is 2.50 bits per heavy atom. The molecule has 0 unspecified atom stereocenters. The number of nitrogens with two attached hydrogens (primary N) is 1. The molecule has 0 amide bonds. The summed E-state index contributed by atoms with van der Waals surface area (Å²) >= 11 is 3.08. The van der Waals surface area contributed by atoms with Gasteiger partial charge in [0.15, 0.2) is 0 Å². The predicted molar refractivity (Wildman–Crippen MR) is 53.5 cm³/mol. The van der Waals surface area contributed by atoms with Crippen molar-refractivity contribution in [3.63, 3.8) is 0 Å². The fourth-order valence-corrected chi connectivity index (χ4v) is 1.72. The molecule has 2 nitrogen and oxygen atoms in total. The second-order valence-electron chi connectivity index (χ2n) is 2.99. The standard InChI is InChI=1S/C9H10BrF2NO/c1-4-2-3-5(10)6(8(4)14)7(13)9(11)12/h2-3,7,9,14H,13H2,1H3/t7-/m1/s1. The molecular formula is C9H10BrF2NO. The van der Waals surface area contributed by atoms with Gasteiger partial charge in [-0.1, -0.05) is 22.0 Å². The molecule has 0 saturated carbocycles. The summed E-state index contributed by atoms with van der Waals surface area (Å²) in [6, 6.07) is 1.75. The first-order chi connectivity index (χ1) is 6.45. The zero-order valence-electron chi connectivity index (χ0n) is 7.47. The van der Waals surface area contributed by atoms with E-state index in [1.54, 1.807) is 19.1 Å². The lowest BCUT2D eigenvalue weighted by atomic mass is 10.0. The lowest BCUT2D eigenvalue weighted by Crippen LogP contribution is -2.19. The summed E-state index contributed by atoms with van der Waals surface area (Å²) in [7, 11) is 0. The van der Waals surface area contributed by atoms with Crippen LogP contribution in [-0.2, 0) is 0 Å². The van der Waals surface area contributed by atoms with Gasteiger partial charge in [-0.15, -0.1) is 0 Å². The van der Waals surface area contributed by atoms with Crippen LogP contribution in [0.15, 0.2) is 16.6 Å². The minimum absolute atomic E-state index is 0.0556. The van der Waals surface area contributed by atoms with Gasteiger partial charge in [0.25, 0.3) is 6.43 Å². The van der Waals surface area contributed by atoms with E-state index in [0.29, 0.717) is 10.0 Å². The van der Waals surface area contributed by atoms with Gasteiger partial charge in [0.2, 0.25) is 0 Å². The number of alkyl halides is 2. The van der Waals surface area contributed by atoms with E-state index in [9.17, 15) is 13.9 Å². The van der Waals surface area contributed by atoms with Gasteiger partial charge in [0, 0.05) is 10.0 Å². The molecule has 0 aliphatic carbocycles. The summed E-state index contributed by atoms with van der Waals surface area (Å²) in [5.41, 5.74) is 5.85. The molecular weight excluding hydrogens is 256 g/mol. The third-order valence-corrected chi connectivity index (χ3v) is 2.66. The quantitative estimate of drug-likeness (QED) is 0.864. The van der Waals surface area contributed by atoms with Crippen molar-refractivity contribution < 1.29 is 13.9 Å². The third kappa shape index (κ3) is 2.04. The smallest absolute Gasteiger partial charge is 0.257 e. The number of hydrogen-bond donors (Lipinski definition) is 2. The van der Waals surface area contributed by atoms with E-state index in [1.165, 1.54) is 0 Å². The van der Waals surface area contributed by atoms with Crippen LogP contribution in [0.3, 0.4) is 0 Å². The molecule has 0 radical (unpaired) electrons. The minimum Gasteiger partial charge on any atom is -0.507 e. The average Bonchev–Trinajstić information content (AvgIpc) is 2.12. The number of rotatable bonds is 2. The van der Waals surface area contributed by atoms with Crippen molar-refractivity contribution in [2.45, 2.75) is 19.4 Å². The fourth-order valence-electron chi connectivity index (χ4n) is 1.14. The molecule has 1 atom stereocenters. The van der Waals surface area contributed by atoms with Crippen molar-refractivity contribution in [2.24, 2.45) is 5.73 Å². The molecule has 0 aliphatic rings. The van der Waals surface area contributed by atoms with Crippen molar-refractivity contribution in [1.29, 1.82) is 0 Å². The van der Waals surface area contributed by atoms with Gasteiger partial charge in [-0.3, -0.25) is 0 Å². The topological polar surface area (TPSA) is 46.2 Å². The molecule has 1 aromatic carbocycles. The van der Waals surface area contributed by atoms with E-state index in [2.05, 4.69) is 15.9 Å². The Balaban J connectivity index is 3.25. The summed E-state index contributed by atoms with van der Waals surface area (Å²) in [4.78, 5) is 0.